The van der Waals surface area contributed by atoms with Crippen LogP contribution >= 0.6 is 0 Å². The zero-order valence-corrected chi connectivity index (χ0v) is 12.2. The summed E-state index contributed by atoms with van der Waals surface area (Å²) in [4.78, 5) is 24.8. The van der Waals surface area contributed by atoms with Crippen LogP contribution in [0, 0.1) is 15.5 Å². The van der Waals surface area contributed by atoms with Crippen molar-refractivity contribution in [3.8, 4) is 0 Å². The lowest BCUT2D eigenvalue weighted by atomic mass is 9.89. The number of carbonyl (C=O) groups is 1. The van der Waals surface area contributed by atoms with E-state index in [1.54, 1.807) is 0 Å². The molecule has 1 rings (SSSR count). The van der Waals surface area contributed by atoms with Crippen molar-refractivity contribution in [2.45, 2.75) is 33.3 Å². The highest BCUT2D eigenvalue weighted by Gasteiger charge is 2.21. The Balaban J connectivity index is 2.84. The number of nitrogens with one attached hydrogen (secondary N) is 1. The molecule has 116 valence electrons. The van der Waals surface area contributed by atoms with Crippen LogP contribution in [0.5, 0.6) is 0 Å². The number of aromatic nitrogens is 1. The monoisotopic (exact) mass is 297 g/mol. The number of aliphatic hydroxyl groups excluding tert-OH is 1. The molecule has 21 heavy (non-hydrogen) atoms. The van der Waals surface area contributed by atoms with Gasteiger partial charge in [-0.15, -0.1) is 0 Å². The Labute approximate surface area is 122 Å². The number of aliphatic hydroxyl groups is 1. The van der Waals surface area contributed by atoms with E-state index in [0.717, 1.165) is 12.3 Å². The molecule has 0 aromatic carbocycles. The second kappa shape index (κ2) is 6.49. The van der Waals surface area contributed by atoms with E-state index in [9.17, 15) is 20.0 Å². The second-order valence-corrected chi connectivity index (χ2v) is 5.95. The highest BCUT2D eigenvalue weighted by Crippen LogP contribution is 2.24. The summed E-state index contributed by atoms with van der Waals surface area (Å²) in [5.41, 5.74) is -0.770. The Hall–Kier alpha value is -2.22. The standard InChI is InChI=1S/C13H19N3O5/c1-13(2,3)5-9(17)7-15-11-10(16(20)21)4-8(6-14-11)12(18)19/h4,6,9,17H,5,7H2,1-3H3,(H,14,15)(H,18,19). The number of hydrogen-bond donors (Lipinski definition) is 3. The zero-order chi connectivity index (χ0) is 16.2. The third kappa shape index (κ3) is 5.35. The normalized spacial score (nSPS) is 12.8. The average Bonchev–Trinajstić information content (AvgIpc) is 2.33. The molecule has 3 N–H and O–H groups in total. The predicted molar refractivity (Wildman–Crippen MR) is 76.4 cm³/mol. The lowest BCUT2D eigenvalue weighted by Crippen LogP contribution is -2.25. The maximum atomic E-state index is 10.9. The SMILES string of the molecule is CC(C)(C)CC(O)CNc1ncc(C(=O)O)cc1[N+](=O)[O-]. The van der Waals surface area contributed by atoms with E-state index >= 15 is 0 Å². The molecule has 0 saturated carbocycles. The fourth-order valence-corrected chi connectivity index (χ4v) is 1.84. The van der Waals surface area contributed by atoms with E-state index in [2.05, 4.69) is 10.3 Å². The largest absolute Gasteiger partial charge is 0.478 e. The molecule has 0 saturated heterocycles. The van der Waals surface area contributed by atoms with Gasteiger partial charge >= 0.3 is 11.7 Å². The van der Waals surface area contributed by atoms with Crippen molar-refractivity contribution >= 4 is 17.5 Å². The van der Waals surface area contributed by atoms with Crippen LogP contribution < -0.4 is 5.32 Å². The van der Waals surface area contributed by atoms with E-state index < -0.39 is 22.7 Å². The summed E-state index contributed by atoms with van der Waals surface area (Å²) in [6.07, 6.45) is 0.861. The van der Waals surface area contributed by atoms with Gasteiger partial charge in [-0.25, -0.2) is 9.78 Å². The number of hydrogen-bond acceptors (Lipinski definition) is 6. The van der Waals surface area contributed by atoms with Crippen LogP contribution in [0.25, 0.3) is 0 Å². The number of carboxylic acids is 1. The lowest BCUT2D eigenvalue weighted by Gasteiger charge is -2.22. The van der Waals surface area contributed by atoms with Crippen LogP contribution in [-0.2, 0) is 0 Å². The Morgan fingerprint density at radius 3 is 2.62 bits per heavy atom. The van der Waals surface area contributed by atoms with Crippen LogP contribution in [0.1, 0.15) is 37.6 Å². The van der Waals surface area contributed by atoms with Crippen molar-refractivity contribution in [3.63, 3.8) is 0 Å². The van der Waals surface area contributed by atoms with Gasteiger partial charge in [0.1, 0.15) is 0 Å². The Kier molecular flexibility index (Phi) is 5.20. The number of nitrogens with zero attached hydrogens (tertiary/aromatic N) is 2. The molecule has 1 atom stereocenters. The first-order valence-corrected chi connectivity index (χ1v) is 6.40. The van der Waals surface area contributed by atoms with Gasteiger partial charge in [0.25, 0.3) is 0 Å². The Morgan fingerprint density at radius 2 is 2.14 bits per heavy atom. The van der Waals surface area contributed by atoms with Gasteiger partial charge in [0, 0.05) is 18.8 Å². The third-order valence-electron chi connectivity index (χ3n) is 2.66. The summed E-state index contributed by atoms with van der Waals surface area (Å²) in [6, 6.07) is 0.938. The number of pyridine rings is 1. The molecule has 0 aliphatic heterocycles. The summed E-state index contributed by atoms with van der Waals surface area (Å²) >= 11 is 0. The minimum absolute atomic E-state index is 0.0574. The first-order valence-electron chi connectivity index (χ1n) is 6.40. The molecule has 0 radical (unpaired) electrons. The molecular weight excluding hydrogens is 278 g/mol. The summed E-state index contributed by atoms with van der Waals surface area (Å²) in [5, 5.41) is 32.3. The van der Waals surface area contributed by atoms with Gasteiger partial charge in [-0.05, 0) is 11.8 Å². The average molecular weight is 297 g/mol. The van der Waals surface area contributed by atoms with Gasteiger partial charge in [-0.1, -0.05) is 20.8 Å². The van der Waals surface area contributed by atoms with Gasteiger partial charge < -0.3 is 15.5 Å². The van der Waals surface area contributed by atoms with Crippen molar-refractivity contribution in [1.82, 2.24) is 4.98 Å². The lowest BCUT2D eigenvalue weighted by molar-refractivity contribution is -0.384. The minimum atomic E-state index is -1.29. The number of nitro groups is 1. The summed E-state index contributed by atoms with van der Waals surface area (Å²) < 4.78 is 0. The van der Waals surface area contributed by atoms with Crippen molar-refractivity contribution in [2.24, 2.45) is 5.41 Å². The number of carboxylic acid groups (broad SMARTS) is 1. The topological polar surface area (TPSA) is 126 Å². The molecule has 1 aromatic rings. The van der Waals surface area contributed by atoms with Crippen molar-refractivity contribution < 1.29 is 19.9 Å². The zero-order valence-electron chi connectivity index (χ0n) is 12.2. The predicted octanol–water partition coefficient (Wildman–Crippen LogP) is 1.90. The van der Waals surface area contributed by atoms with Crippen LogP contribution in [0.15, 0.2) is 12.3 Å². The van der Waals surface area contributed by atoms with Gasteiger partial charge in [0.05, 0.1) is 16.6 Å². The highest BCUT2D eigenvalue weighted by atomic mass is 16.6. The quantitative estimate of drug-likeness (QED) is 0.540. The van der Waals surface area contributed by atoms with Crippen LogP contribution in [0.4, 0.5) is 11.5 Å². The Morgan fingerprint density at radius 1 is 1.52 bits per heavy atom. The number of aromatic carboxylic acids is 1. The van der Waals surface area contributed by atoms with Gasteiger partial charge in [-0.2, -0.15) is 0 Å². The van der Waals surface area contributed by atoms with Crippen molar-refractivity contribution in [2.75, 3.05) is 11.9 Å². The van der Waals surface area contributed by atoms with Crippen LogP contribution in [0.3, 0.4) is 0 Å². The highest BCUT2D eigenvalue weighted by molar-refractivity contribution is 5.88. The molecule has 0 fully saturated rings. The Bertz CT molecular complexity index is 539. The number of anilines is 1. The minimum Gasteiger partial charge on any atom is -0.478 e. The van der Waals surface area contributed by atoms with Crippen molar-refractivity contribution in [1.29, 1.82) is 0 Å². The van der Waals surface area contributed by atoms with E-state index in [0.29, 0.717) is 6.42 Å². The summed E-state index contributed by atoms with van der Waals surface area (Å²) in [5.74, 6) is -1.34. The van der Waals surface area contributed by atoms with Gasteiger partial charge in [0.2, 0.25) is 5.82 Å². The fraction of sp³-hybridized carbons (Fsp3) is 0.538. The van der Waals surface area contributed by atoms with E-state index in [-0.39, 0.29) is 23.3 Å². The van der Waals surface area contributed by atoms with E-state index in [1.165, 1.54) is 0 Å². The van der Waals surface area contributed by atoms with E-state index in [4.69, 9.17) is 5.11 Å². The molecule has 1 aromatic heterocycles. The molecule has 0 bridgehead atoms. The maximum absolute atomic E-state index is 10.9. The van der Waals surface area contributed by atoms with Gasteiger partial charge in [0.15, 0.2) is 0 Å². The molecule has 0 aliphatic carbocycles. The summed E-state index contributed by atoms with van der Waals surface area (Å²) in [7, 11) is 0. The van der Waals surface area contributed by atoms with Crippen LogP contribution in [-0.4, -0.2) is 38.7 Å². The van der Waals surface area contributed by atoms with Gasteiger partial charge in [-0.3, -0.25) is 10.1 Å². The molecule has 8 nitrogen and oxygen atoms in total. The van der Waals surface area contributed by atoms with E-state index in [1.807, 2.05) is 20.8 Å². The molecule has 0 aliphatic rings. The van der Waals surface area contributed by atoms with Crippen LogP contribution in [0.2, 0.25) is 0 Å². The first kappa shape index (κ1) is 16.8. The first-order chi connectivity index (χ1) is 9.60. The number of rotatable bonds is 6. The maximum Gasteiger partial charge on any atom is 0.337 e. The van der Waals surface area contributed by atoms with Crippen molar-refractivity contribution in [3.05, 3.63) is 27.9 Å². The molecule has 8 heteroatoms. The molecule has 1 unspecified atom stereocenters. The second-order valence-electron chi connectivity index (χ2n) is 5.95. The molecule has 0 amide bonds. The molecule has 0 spiro atoms. The summed E-state index contributed by atoms with van der Waals surface area (Å²) in [6.45, 7) is 6.01. The fourth-order valence-electron chi connectivity index (χ4n) is 1.84. The molecular formula is C13H19N3O5. The third-order valence-corrected chi connectivity index (χ3v) is 2.66. The molecule has 1 heterocycles. The smallest absolute Gasteiger partial charge is 0.337 e.